The number of nitrogens with two attached hydrogens (primary N) is 1. The van der Waals surface area contributed by atoms with Crippen molar-refractivity contribution in [2.75, 3.05) is 44.3 Å². The normalized spacial score (nSPS) is 16.7. The van der Waals surface area contributed by atoms with Crippen molar-refractivity contribution in [2.24, 2.45) is 5.92 Å². The van der Waals surface area contributed by atoms with E-state index in [0.717, 1.165) is 13.1 Å². The van der Waals surface area contributed by atoms with Crippen LogP contribution in [0.3, 0.4) is 0 Å². The number of nitrogen functional groups attached to an aromatic ring is 1. The summed E-state index contributed by atoms with van der Waals surface area (Å²) in [6.07, 6.45) is 4.14. The van der Waals surface area contributed by atoms with Crippen LogP contribution < -0.4 is 11.1 Å². The molecule has 116 valence electrons. The number of pyridine rings is 1. The fourth-order valence-electron chi connectivity index (χ4n) is 2.63. The number of carbonyl (C=O) groups is 1. The molecule has 1 atom stereocenters. The molecular formula is C15H24N4O2. The summed E-state index contributed by atoms with van der Waals surface area (Å²) in [5, 5.41) is 3.24. The molecule has 1 aromatic rings. The Morgan fingerprint density at radius 1 is 1.52 bits per heavy atom. The average molecular weight is 292 g/mol. The minimum absolute atomic E-state index is 0.380. The Bertz CT molecular complexity index is 487. The number of hydrogen-bond donors (Lipinski definition) is 2. The van der Waals surface area contributed by atoms with Gasteiger partial charge in [-0.3, -0.25) is 0 Å². The van der Waals surface area contributed by atoms with Gasteiger partial charge in [0.2, 0.25) is 0 Å². The van der Waals surface area contributed by atoms with Crippen LogP contribution in [0.15, 0.2) is 12.3 Å². The summed E-state index contributed by atoms with van der Waals surface area (Å²) >= 11 is 0. The number of hydrogen-bond acceptors (Lipinski definition) is 6. The van der Waals surface area contributed by atoms with Gasteiger partial charge in [-0.1, -0.05) is 6.92 Å². The lowest BCUT2D eigenvalue weighted by Crippen LogP contribution is -2.29. The van der Waals surface area contributed by atoms with Gasteiger partial charge in [-0.05, 0) is 37.9 Å². The van der Waals surface area contributed by atoms with Crippen LogP contribution in [0.25, 0.3) is 0 Å². The number of esters is 1. The molecule has 6 nitrogen and oxygen atoms in total. The van der Waals surface area contributed by atoms with E-state index in [2.05, 4.69) is 22.1 Å². The second-order valence-electron chi connectivity index (χ2n) is 5.65. The van der Waals surface area contributed by atoms with Gasteiger partial charge in [-0.15, -0.1) is 0 Å². The standard InChI is InChI=1S/C15H24N4O2/c1-11(10-19-5-3-4-6-19)8-17-14-13(15(20)21-2)7-12(16)9-18-14/h7,9,11H,3-6,8,10,16H2,1-2H3,(H,17,18). The summed E-state index contributed by atoms with van der Waals surface area (Å²) in [6.45, 7) is 6.41. The van der Waals surface area contributed by atoms with Gasteiger partial charge in [0, 0.05) is 13.1 Å². The number of methoxy groups -OCH3 is 1. The number of rotatable bonds is 6. The number of nitrogens with one attached hydrogen (secondary N) is 1. The van der Waals surface area contributed by atoms with Crippen molar-refractivity contribution in [2.45, 2.75) is 19.8 Å². The van der Waals surface area contributed by atoms with Crippen molar-refractivity contribution in [3.63, 3.8) is 0 Å². The Morgan fingerprint density at radius 2 is 2.24 bits per heavy atom. The van der Waals surface area contributed by atoms with Gasteiger partial charge in [0.1, 0.15) is 11.4 Å². The molecule has 0 aliphatic carbocycles. The summed E-state index contributed by atoms with van der Waals surface area (Å²) < 4.78 is 4.76. The molecule has 2 rings (SSSR count). The molecule has 6 heteroatoms. The van der Waals surface area contributed by atoms with Crippen molar-refractivity contribution in [3.8, 4) is 0 Å². The Labute approximate surface area is 125 Å². The van der Waals surface area contributed by atoms with E-state index in [4.69, 9.17) is 10.5 Å². The zero-order valence-corrected chi connectivity index (χ0v) is 12.8. The molecule has 1 saturated heterocycles. The Morgan fingerprint density at radius 3 is 2.90 bits per heavy atom. The van der Waals surface area contributed by atoms with Crippen LogP contribution >= 0.6 is 0 Å². The average Bonchev–Trinajstić information content (AvgIpc) is 2.98. The molecule has 0 bridgehead atoms. The minimum Gasteiger partial charge on any atom is -0.465 e. The van der Waals surface area contributed by atoms with E-state index in [1.165, 1.54) is 33.0 Å². The predicted octanol–water partition coefficient (Wildman–Crippen LogP) is 1.59. The van der Waals surface area contributed by atoms with Gasteiger partial charge in [0.15, 0.2) is 0 Å². The molecule has 1 unspecified atom stereocenters. The first-order chi connectivity index (χ1) is 10.1. The zero-order chi connectivity index (χ0) is 15.2. The lowest BCUT2D eigenvalue weighted by atomic mass is 10.1. The summed E-state index contributed by atoms with van der Waals surface area (Å²) in [7, 11) is 1.35. The van der Waals surface area contributed by atoms with E-state index in [-0.39, 0.29) is 0 Å². The third-order valence-corrected chi connectivity index (χ3v) is 3.70. The van der Waals surface area contributed by atoms with Crippen molar-refractivity contribution in [1.29, 1.82) is 0 Å². The molecule has 0 aromatic carbocycles. The van der Waals surface area contributed by atoms with E-state index < -0.39 is 5.97 Å². The molecule has 2 heterocycles. The van der Waals surface area contributed by atoms with Crippen LogP contribution in [-0.4, -0.2) is 49.1 Å². The summed E-state index contributed by atoms with van der Waals surface area (Å²) in [6, 6.07) is 1.59. The molecule has 0 amide bonds. The first-order valence-corrected chi connectivity index (χ1v) is 7.40. The van der Waals surface area contributed by atoms with Crippen molar-refractivity contribution >= 4 is 17.5 Å². The van der Waals surface area contributed by atoms with Crippen molar-refractivity contribution in [1.82, 2.24) is 9.88 Å². The number of likely N-dealkylation sites (tertiary alicyclic amines) is 1. The van der Waals surface area contributed by atoms with Crippen LogP contribution in [-0.2, 0) is 4.74 Å². The van der Waals surface area contributed by atoms with Crippen LogP contribution in [0.4, 0.5) is 11.5 Å². The third kappa shape index (κ3) is 4.32. The van der Waals surface area contributed by atoms with Gasteiger partial charge in [-0.25, -0.2) is 9.78 Å². The van der Waals surface area contributed by atoms with Gasteiger partial charge in [0.25, 0.3) is 0 Å². The number of ether oxygens (including phenoxy) is 1. The van der Waals surface area contributed by atoms with Crippen LogP contribution in [0.5, 0.6) is 0 Å². The Balaban J connectivity index is 1.94. The first kappa shape index (κ1) is 15.6. The predicted molar refractivity (Wildman–Crippen MR) is 83.3 cm³/mol. The van der Waals surface area contributed by atoms with Gasteiger partial charge in [-0.2, -0.15) is 0 Å². The fraction of sp³-hybridized carbons (Fsp3) is 0.600. The molecule has 1 aliphatic heterocycles. The maximum absolute atomic E-state index is 11.7. The molecule has 1 fully saturated rings. The molecule has 0 saturated carbocycles. The van der Waals surface area contributed by atoms with Gasteiger partial charge in [0.05, 0.1) is 19.0 Å². The largest absolute Gasteiger partial charge is 0.465 e. The summed E-state index contributed by atoms with van der Waals surface area (Å²) in [5.74, 6) is 0.585. The van der Waals surface area contributed by atoms with Crippen LogP contribution in [0.1, 0.15) is 30.1 Å². The highest BCUT2D eigenvalue weighted by Crippen LogP contribution is 2.17. The Kier molecular flexibility index (Phi) is 5.38. The first-order valence-electron chi connectivity index (χ1n) is 7.40. The molecule has 0 spiro atoms. The summed E-state index contributed by atoms with van der Waals surface area (Å²) in [5.41, 5.74) is 6.51. The topological polar surface area (TPSA) is 80.5 Å². The maximum Gasteiger partial charge on any atom is 0.341 e. The molecule has 1 aliphatic rings. The highest BCUT2D eigenvalue weighted by Gasteiger charge is 2.17. The SMILES string of the molecule is COC(=O)c1cc(N)cnc1NCC(C)CN1CCCC1. The van der Waals surface area contributed by atoms with E-state index in [0.29, 0.717) is 23.0 Å². The molecular weight excluding hydrogens is 268 g/mol. The maximum atomic E-state index is 11.7. The Hall–Kier alpha value is -1.82. The molecule has 21 heavy (non-hydrogen) atoms. The fourth-order valence-corrected chi connectivity index (χ4v) is 2.63. The number of anilines is 2. The van der Waals surface area contributed by atoms with Crippen molar-refractivity contribution in [3.05, 3.63) is 17.8 Å². The van der Waals surface area contributed by atoms with Crippen molar-refractivity contribution < 1.29 is 9.53 Å². The third-order valence-electron chi connectivity index (χ3n) is 3.70. The number of carbonyl (C=O) groups excluding carboxylic acids is 1. The van der Waals surface area contributed by atoms with Gasteiger partial charge < -0.3 is 20.7 Å². The smallest absolute Gasteiger partial charge is 0.341 e. The van der Waals surface area contributed by atoms with E-state index in [1.54, 1.807) is 12.3 Å². The lowest BCUT2D eigenvalue weighted by Gasteiger charge is -2.21. The molecule has 1 aromatic heterocycles. The highest BCUT2D eigenvalue weighted by atomic mass is 16.5. The van der Waals surface area contributed by atoms with Crippen LogP contribution in [0, 0.1) is 5.92 Å². The van der Waals surface area contributed by atoms with Gasteiger partial charge >= 0.3 is 5.97 Å². The highest BCUT2D eigenvalue weighted by molar-refractivity contribution is 5.95. The number of nitrogens with zero attached hydrogens (tertiary/aromatic N) is 2. The second-order valence-corrected chi connectivity index (χ2v) is 5.65. The van der Waals surface area contributed by atoms with E-state index >= 15 is 0 Å². The number of aromatic nitrogens is 1. The quantitative estimate of drug-likeness (QED) is 0.775. The molecule has 3 N–H and O–H groups in total. The zero-order valence-electron chi connectivity index (χ0n) is 12.8. The molecule has 0 radical (unpaired) electrons. The second kappa shape index (κ2) is 7.26. The summed E-state index contributed by atoms with van der Waals surface area (Å²) in [4.78, 5) is 18.4. The lowest BCUT2D eigenvalue weighted by molar-refractivity contribution is 0.0601. The monoisotopic (exact) mass is 292 g/mol. The van der Waals surface area contributed by atoms with E-state index in [1.807, 2.05) is 0 Å². The van der Waals surface area contributed by atoms with E-state index in [9.17, 15) is 4.79 Å². The minimum atomic E-state index is -0.426. The van der Waals surface area contributed by atoms with Crippen LogP contribution in [0.2, 0.25) is 0 Å².